The summed E-state index contributed by atoms with van der Waals surface area (Å²) >= 11 is 0. The van der Waals surface area contributed by atoms with Crippen molar-refractivity contribution in [3.05, 3.63) is 96.4 Å². The minimum absolute atomic E-state index is 0.00287. The second-order valence-electron chi connectivity index (χ2n) is 12.2. The topological polar surface area (TPSA) is 99.4 Å². The SMILES string of the molecule is CN(CCOC(=O)N(c1ccccc1-c1ccccc1)N1CC[CH]CC1)C(=O)CCc1ccc(CN2CCC(C(N)=O)CC2)cc1. The van der Waals surface area contributed by atoms with E-state index in [0.29, 0.717) is 19.4 Å². The third-order valence-electron chi connectivity index (χ3n) is 8.98. The van der Waals surface area contributed by atoms with Gasteiger partial charge in [-0.1, -0.05) is 72.8 Å². The summed E-state index contributed by atoms with van der Waals surface area (Å²) in [6.07, 6.45) is 6.26. The minimum atomic E-state index is -0.441. The zero-order valence-corrected chi connectivity index (χ0v) is 26.9. The van der Waals surface area contributed by atoms with E-state index in [1.165, 1.54) is 5.56 Å². The molecule has 0 bridgehead atoms. The number of nitrogens with zero attached hydrogens (tertiary/aromatic N) is 4. The maximum absolute atomic E-state index is 13.6. The van der Waals surface area contributed by atoms with Crippen molar-refractivity contribution < 1.29 is 19.1 Å². The van der Waals surface area contributed by atoms with Gasteiger partial charge in [0.2, 0.25) is 11.8 Å². The van der Waals surface area contributed by atoms with Crippen LogP contribution in [0.1, 0.15) is 43.2 Å². The molecule has 243 valence electrons. The molecule has 2 heterocycles. The van der Waals surface area contributed by atoms with Gasteiger partial charge in [0.25, 0.3) is 0 Å². The first kappa shape index (κ1) is 33.2. The molecular formula is C37H46N5O4. The van der Waals surface area contributed by atoms with Crippen LogP contribution < -0.4 is 10.7 Å². The van der Waals surface area contributed by atoms with Gasteiger partial charge >= 0.3 is 6.09 Å². The molecule has 9 heteroatoms. The third-order valence-corrected chi connectivity index (χ3v) is 8.98. The largest absolute Gasteiger partial charge is 0.446 e. The quantitative estimate of drug-likeness (QED) is 0.294. The molecule has 46 heavy (non-hydrogen) atoms. The van der Waals surface area contributed by atoms with Crippen LogP contribution in [0.4, 0.5) is 10.5 Å². The fourth-order valence-corrected chi connectivity index (χ4v) is 6.17. The first-order chi connectivity index (χ1) is 22.4. The number of likely N-dealkylation sites (tertiary alicyclic amines) is 1. The first-order valence-electron chi connectivity index (χ1n) is 16.4. The van der Waals surface area contributed by atoms with E-state index in [1.807, 2.05) is 54.6 Å². The number of hydrogen-bond donors (Lipinski definition) is 1. The van der Waals surface area contributed by atoms with Crippen molar-refractivity contribution in [2.75, 3.05) is 51.4 Å². The predicted molar refractivity (Wildman–Crippen MR) is 180 cm³/mol. The van der Waals surface area contributed by atoms with E-state index in [9.17, 15) is 14.4 Å². The normalized spacial score (nSPS) is 16.1. The number of anilines is 1. The minimum Gasteiger partial charge on any atom is -0.446 e. The average molecular weight is 625 g/mol. The predicted octanol–water partition coefficient (Wildman–Crippen LogP) is 5.30. The Bertz CT molecular complexity index is 1430. The van der Waals surface area contributed by atoms with Gasteiger partial charge in [-0.05, 0) is 74.4 Å². The van der Waals surface area contributed by atoms with Gasteiger partial charge in [0, 0.05) is 44.6 Å². The van der Waals surface area contributed by atoms with Crippen LogP contribution in [0.5, 0.6) is 0 Å². The Labute approximate surface area is 272 Å². The Morgan fingerprint density at radius 3 is 2.20 bits per heavy atom. The summed E-state index contributed by atoms with van der Waals surface area (Å²) in [5.74, 6) is -0.184. The van der Waals surface area contributed by atoms with Crippen LogP contribution in [0.15, 0.2) is 78.9 Å². The summed E-state index contributed by atoms with van der Waals surface area (Å²) in [7, 11) is 1.75. The monoisotopic (exact) mass is 624 g/mol. The van der Waals surface area contributed by atoms with E-state index in [-0.39, 0.29) is 24.3 Å². The van der Waals surface area contributed by atoms with Crippen LogP contribution in [0.3, 0.4) is 0 Å². The number of amides is 3. The molecule has 1 radical (unpaired) electrons. The van der Waals surface area contributed by atoms with Crippen molar-refractivity contribution in [1.82, 2.24) is 14.8 Å². The van der Waals surface area contributed by atoms with Crippen molar-refractivity contribution in [2.45, 2.75) is 45.1 Å². The lowest BCUT2D eigenvalue weighted by Crippen LogP contribution is -2.50. The number of hydrazine groups is 1. The molecule has 2 saturated heterocycles. The molecule has 0 saturated carbocycles. The molecule has 2 N–H and O–H groups in total. The summed E-state index contributed by atoms with van der Waals surface area (Å²) in [5.41, 5.74) is 10.5. The fraction of sp³-hybridized carbons (Fsp3) is 0.405. The molecule has 3 aromatic rings. The van der Waals surface area contributed by atoms with Gasteiger partial charge in [0.15, 0.2) is 0 Å². The van der Waals surface area contributed by atoms with Crippen LogP contribution in [0.25, 0.3) is 11.1 Å². The van der Waals surface area contributed by atoms with E-state index in [2.05, 4.69) is 40.6 Å². The van der Waals surface area contributed by atoms with Crippen LogP contribution in [0, 0.1) is 12.3 Å². The molecule has 2 fully saturated rings. The lowest BCUT2D eigenvalue weighted by molar-refractivity contribution is -0.130. The van der Waals surface area contributed by atoms with E-state index >= 15 is 0 Å². The number of aryl methyl sites for hydroxylation is 1. The highest BCUT2D eigenvalue weighted by Gasteiger charge is 2.29. The number of hydrogen-bond acceptors (Lipinski definition) is 6. The Hall–Kier alpha value is -4.21. The fourth-order valence-electron chi connectivity index (χ4n) is 6.17. The van der Waals surface area contributed by atoms with Crippen molar-refractivity contribution >= 4 is 23.6 Å². The third kappa shape index (κ3) is 8.95. The molecule has 0 spiro atoms. The highest BCUT2D eigenvalue weighted by molar-refractivity contribution is 5.93. The number of primary amides is 1. The van der Waals surface area contributed by atoms with Crippen molar-refractivity contribution in [1.29, 1.82) is 0 Å². The number of para-hydroxylation sites is 1. The van der Waals surface area contributed by atoms with Crippen molar-refractivity contribution in [3.8, 4) is 11.1 Å². The van der Waals surface area contributed by atoms with Gasteiger partial charge in [-0.15, -0.1) is 0 Å². The van der Waals surface area contributed by atoms with Crippen LogP contribution in [0.2, 0.25) is 0 Å². The van der Waals surface area contributed by atoms with Crippen molar-refractivity contribution in [2.24, 2.45) is 11.7 Å². The van der Waals surface area contributed by atoms with Gasteiger partial charge in [-0.3, -0.25) is 14.5 Å². The molecule has 2 aliphatic heterocycles. The number of piperidine rings is 2. The van der Waals surface area contributed by atoms with Crippen LogP contribution >= 0.6 is 0 Å². The average Bonchev–Trinajstić information content (AvgIpc) is 3.09. The zero-order valence-electron chi connectivity index (χ0n) is 26.9. The Kier molecular flexibility index (Phi) is 11.8. The van der Waals surface area contributed by atoms with Gasteiger partial charge in [0.05, 0.1) is 12.2 Å². The molecule has 9 nitrogen and oxygen atoms in total. The van der Waals surface area contributed by atoms with Gasteiger partial charge in [0.1, 0.15) is 6.61 Å². The molecule has 0 atom stereocenters. The maximum Gasteiger partial charge on any atom is 0.429 e. The van der Waals surface area contributed by atoms with Gasteiger partial charge in [-0.2, -0.15) is 0 Å². The highest BCUT2D eigenvalue weighted by atomic mass is 16.6. The molecular weight excluding hydrogens is 578 g/mol. The summed E-state index contributed by atoms with van der Waals surface area (Å²) in [6.45, 7) is 4.48. The molecule has 0 unspecified atom stereocenters. The maximum atomic E-state index is 13.6. The van der Waals surface area contributed by atoms with E-state index in [1.54, 1.807) is 17.0 Å². The molecule has 0 aromatic heterocycles. The Morgan fingerprint density at radius 1 is 0.848 bits per heavy atom. The Balaban J connectivity index is 1.10. The number of nitrogens with two attached hydrogens (primary N) is 1. The smallest absolute Gasteiger partial charge is 0.429 e. The Morgan fingerprint density at radius 2 is 1.50 bits per heavy atom. The first-order valence-corrected chi connectivity index (χ1v) is 16.4. The zero-order chi connectivity index (χ0) is 32.3. The molecule has 3 aromatic carbocycles. The summed E-state index contributed by atoms with van der Waals surface area (Å²) in [6, 6.07) is 26.3. The standard InChI is InChI=1S/C37H46N5O4/c1-39(35(43)19-18-29-14-16-30(17-15-29)28-40-24-20-32(21-25-40)36(38)44)26-27-46-37(45)42(41-22-8-3-9-23-41)34-13-7-6-12-33(34)31-10-4-2-5-11-31/h2-7,10-17,32H,8-9,18-28H2,1H3,(H2,38,44). The number of rotatable bonds is 12. The second kappa shape index (κ2) is 16.4. The number of carbonyl (C=O) groups excluding carboxylic acids is 3. The molecule has 3 amide bonds. The lowest BCUT2D eigenvalue weighted by atomic mass is 9.96. The highest BCUT2D eigenvalue weighted by Crippen LogP contribution is 2.33. The summed E-state index contributed by atoms with van der Waals surface area (Å²) in [4.78, 5) is 41.9. The lowest BCUT2D eigenvalue weighted by Gasteiger charge is -2.37. The number of likely N-dealkylation sites (N-methyl/N-ethyl adjacent to an activating group) is 1. The van der Waals surface area contributed by atoms with Crippen molar-refractivity contribution in [3.63, 3.8) is 0 Å². The summed E-state index contributed by atoms with van der Waals surface area (Å²) in [5, 5.41) is 3.72. The van der Waals surface area contributed by atoms with E-state index in [4.69, 9.17) is 10.5 Å². The van der Waals surface area contributed by atoms with Gasteiger partial charge in [-0.25, -0.2) is 14.8 Å². The second-order valence-corrected chi connectivity index (χ2v) is 12.2. The van der Waals surface area contributed by atoms with Crippen LogP contribution in [-0.4, -0.2) is 79.1 Å². The van der Waals surface area contributed by atoms with E-state index < -0.39 is 6.09 Å². The molecule has 2 aliphatic rings. The van der Waals surface area contributed by atoms with E-state index in [0.717, 1.165) is 80.8 Å². The van der Waals surface area contributed by atoms with Crippen LogP contribution in [-0.2, 0) is 27.3 Å². The number of ether oxygens (including phenoxy) is 1. The molecule has 0 aliphatic carbocycles. The number of carbonyl (C=O) groups is 3. The molecule has 5 rings (SSSR count). The summed E-state index contributed by atoms with van der Waals surface area (Å²) < 4.78 is 5.79. The number of benzene rings is 3. The van der Waals surface area contributed by atoms with Gasteiger partial charge < -0.3 is 15.4 Å².